The Kier molecular flexibility index (Phi) is 5.92. The van der Waals surface area contributed by atoms with Crippen LogP contribution in [0.5, 0.6) is 0 Å². The van der Waals surface area contributed by atoms with Crippen LogP contribution in [-0.4, -0.2) is 52.6 Å². The topological polar surface area (TPSA) is 71.1 Å². The maximum Gasteiger partial charge on any atom is 0.413 e. The Bertz CT molecular complexity index is 638. The highest BCUT2D eigenvalue weighted by Gasteiger charge is 2.41. The Morgan fingerprint density at radius 2 is 1.30 bits per heavy atom. The summed E-state index contributed by atoms with van der Waals surface area (Å²) in [6.07, 6.45) is -1.63. The van der Waals surface area contributed by atoms with E-state index in [4.69, 9.17) is 9.47 Å². The summed E-state index contributed by atoms with van der Waals surface area (Å²) in [6, 6.07) is 7.75. The fourth-order valence-electron chi connectivity index (χ4n) is 2.61. The van der Waals surface area contributed by atoms with Gasteiger partial charge in [-0.1, -0.05) is 17.7 Å². The average molecular weight is 377 g/mol. The quantitative estimate of drug-likeness (QED) is 0.837. The van der Waals surface area contributed by atoms with E-state index in [9.17, 15) is 9.59 Å². The van der Waals surface area contributed by atoms with E-state index in [0.717, 1.165) is 11.3 Å². The van der Waals surface area contributed by atoms with Crippen LogP contribution in [0.1, 0.15) is 47.1 Å². The van der Waals surface area contributed by atoms with E-state index in [0.29, 0.717) is 13.1 Å². The molecule has 1 fully saturated rings. The van der Waals surface area contributed by atoms with E-state index < -0.39 is 29.7 Å². The molecule has 0 atom stereocenters. The molecule has 0 bridgehead atoms. The van der Waals surface area contributed by atoms with Crippen LogP contribution in [0.2, 0.25) is 0 Å². The molecule has 1 aromatic rings. The molecule has 0 spiro atoms. The first kappa shape index (κ1) is 20.9. The Morgan fingerprint density at radius 1 is 0.889 bits per heavy atom. The summed E-state index contributed by atoms with van der Waals surface area (Å²) in [5.41, 5.74) is 0.685. The fourth-order valence-corrected chi connectivity index (χ4v) is 2.61. The third-order valence-corrected chi connectivity index (χ3v) is 3.78. The lowest BCUT2D eigenvalue weighted by Crippen LogP contribution is -2.51. The molecule has 0 aromatic heterocycles. The smallest absolute Gasteiger partial charge is 0.413 e. The number of benzene rings is 1. The number of ether oxygens (including phenoxy) is 2. The van der Waals surface area contributed by atoms with E-state index >= 15 is 0 Å². The zero-order valence-electron chi connectivity index (χ0n) is 17.3. The molecule has 2 rings (SSSR count). The molecule has 1 aromatic carbocycles. The van der Waals surface area contributed by atoms with Gasteiger partial charge in [0.15, 0.2) is 6.29 Å². The number of amides is 2. The van der Waals surface area contributed by atoms with Crippen LogP contribution in [-0.2, 0) is 9.47 Å². The van der Waals surface area contributed by atoms with Crippen molar-refractivity contribution in [1.29, 1.82) is 0 Å². The van der Waals surface area contributed by atoms with E-state index in [1.807, 2.05) is 72.7 Å². The maximum atomic E-state index is 12.7. The van der Waals surface area contributed by atoms with E-state index in [2.05, 4.69) is 5.32 Å². The van der Waals surface area contributed by atoms with Crippen molar-refractivity contribution in [3.8, 4) is 0 Å². The molecule has 1 aliphatic heterocycles. The summed E-state index contributed by atoms with van der Waals surface area (Å²) in [4.78, 5) is 28.3. The van der Waals surface area contributed by atoms with Crippen molar-refractivity contribution in [2.45, 2.75) is 66.0 Å². The Morgan fingerprint density at radius 3 is 1.67 bits per heavy atom. The number of hydrogen-bond donors (Lipinski definition) is 1. The van der Waals surface area contributed by atoms with Crippen LogP contribution in [0.25, 0.3) is 0 Å². The van der Waals surface area contributed by atoms with Gasteiger partial charge in [0.2, 0.25) is 0 Å². The normalized spacial score (nSPS) is 15.7. The van der Waals surface area contributed by atoms with Crippen LogP contribution in [0.3, 0.4) is 0 Å². The molecule has 0 saturated carbocycles. The zero-order chi connectivity index (χ0) is 20.4. The predicted octanol–water partition coefficient (Wildman–Crippen LogP) is 4.18. The van der Waals surface area contributed by atoms with Crippen LogP contribution in [0.15, 0.2) is 24.3 Å². The first-order valence-corrected chi connectivity index (χ1v) is 9.18. The van der Waals surface area contributed by atoms with Crippen molar-refractivity contribution >= 4 is 17.9 Å². The molecule has 1 saturated heterocycles. The van der Waals surface area contributed by atoms with Crippen LogP contribution in [0, 0.1) is 6.92 Å². The van der Waals surface area contributed by atoms with Gasteiger partial charge in [0.05, 0.1) is 0 Å². The van der Waals surface area contributed by atoms with Crippen LogP contribution < -0.4 is 5.32 Å². The Balaban J connectivity index is 2.24. The standard InChI is InChI=1S/C20H31N3O4/c1-14-8-10-15(11-9-14)21-16-22(17(24)26-19(2,3)4)12-13-23(16)18(25)27-20(5,6)7/h8-11,16,21H,12-13H2,1-7H3. The fraction of sp³-hybridized carbons (Fsp3) is 0.600. The summed E-state index contributed by atoms with van der Waals surface area (Å²) < 4.78 is 11.0. The van der Waals surface area contributed by atoms with E-state index in [1.54, 1.807) is 0 Å². The van der Waals surface area contributed by atoms with Gasteiger partial charge in [0.25, 0.3) is 0 Å². The minimum absolute atomic E-state index is 0.359. The third-order valence-electron chi connectivity index (χ3n) is 3.78. The molecule has 7 nitrogen and oxygen atoms in total. The number of rotatable bonds is 2. The lowest BCUT2D eigenvalue weighted by molar-refractivity contribution is 0.00489. The second-order valence-corrected chi connectivity index (χ2v) is 8.73. The van der Waals surface area contributed by atoms with E-state index in [1.165, 1.54) is 9.80 Å². The van der Waals surface area contributed by atoms with Crippen LogP contribution in [0.4, 0.5) is 15.3 Å². The zero-order valence-corrected chi connectivity index (χ0v) is 17.3. The molecular weight excluding hydrogens is 346 g/mol. The molecule has 2 amide bonds. The van der Waals surface area contributed by atoms with Crippen molar-refractivity contribution in [3.63, 3.8) is 0 Å². The highest BCUT2D eigenvalue weighted by molar-refractivity contribution is 5.74. The predicted molar refractivity (Wildman–Crippen MR) is 104 cm³/mol. The van der Waals surface area contributed by atoms with Crippen molar-refractivity contribution < 1.29 is 19.1 Å². The van der Waals surface area contributed by atoms with Gasteiger partial charge in [-0.25, -0.2) is 9.59 Å². The minimum Gasteiger partial charge on any atom is -0.444 e. The number of hydrogen-bond acceptors (Lipinski definition) is 5. The second kappa shape index (κ2) is 7.66. The summed E-state index contributed by atoms with van der Waals surface area (Å²) in [5.74, 6) is 0. The van der Waals surface area contributed by atoms with Gasteiger partial charge in [0, 0.05) is 18.8 Å². The largest absolute Gasteiger partial charge is 0.444 e. The molecule has 150 valence electrons. The van der Waals surface area contributed by atoms with Crippen molar-refractivity contribution in [1.82, 2.24) is 9.80 Å². The molecule has 0 aliphatic carbocycles. The molecular formula is C20H31N3O4. The molecule has 0 unspecified atom stereocenters. The Labute approximate surface area is 161 Å². The van der Waals surface area contributed by atoms with Gasteiger partial charge >= 0.3 is 12.2 Å². The molecule has 27 heavy (non-hydrogen) atoms. The first-order chi connectivity index (χ1) is 12.4. The summed E-state index contributed by atoms with van der Waals surface area (Å²) in [7, 11) is 0. The van der Waals surface area contributed by atoms with Gasteiger partial charge in [-0.15, -0.1) is 0 Å². The highest BCUT2D eigenvalue weighted by atomic mass is 16.6. The number of anilines is 1. The van der Waals surface area contributed by atoms with E-state index in [-0.39, 0.29) is 0 Å². The maximum absolute atomic E-state index is 12.7. The van der Waals surface area contributed by atoms with Gasteiger partial charge in [0.1, 0.15) is 11.2 Å². The SMILES string of the molecule is Cc1ccc(NC2N(C(=O)OC(C)(C)C)CCN2C(=O)OC(C)(C)C)cc1. The number of carbonyl (C=O) groups excluding carboxylic acids is 2. The van der Waals surface area contributed by atoms with Gasteiger partial charge < -0.3 is 14.8 Å². The monoisotopic (exact) mass is 377 g/mol. The number of nitrogens with zero attached hydrogens (tertiary/aromatic N) is 2. The summed E-state index contributed by atoms with van der Waals surface area (Å²) >= 11 is 0. The van der Waals surface area contributed by atoms with Crippen LogP contribution >= 0.6 is 0 Å². The number of aryl methyl sites for hydroxylation is 1. The van der Waals surface area contributed by atoms with Crippen molar-refractivity contribution in [3.05, 3.63) is 29.8 Å². The lowest BCUT2D eigenvalue weighted by atomic mass is 10.2. The summed E-state index contributed by atoms with van der Waals surface area (Å²) in [6.45, 7) is 13.6. The summed E-state index contributed by atoms with van der Waals surface area (Å²) in [5, 5.41) is 3.25. The lowest BCUT2D eigenvalue weighted by Gasteiger charge is -2.33. The first-order valence-electron chi connectivity index (χ1n) is 9.18. The molecule has 7 heteroatoms. The number of carbonyl (C=O) groups is 2. The van der Waals surface area contributed by atoms with Crippen molar-refractivity contribution in [2.75, 3.05) is 18.4 Å². The highest BCUT2D eigenvalue weighted by Crippen LogP contribution is 2.23. The van der Waals surface area contributed by atoms with Crippen molar-refractivity contribution in [2.24, 2.45) is 0 Å². The molecule has 0 radical (unpaired) electrons. The third kappa shape index (κ3) is 6.05. The second-order valence-electron chi connectivity index (χ2n) is 8.73. The minimum atomic E-state index is -0.683. The molecule has 1 aliphatic rings. The number of nitrogens with one attached hydrogen (secondary N) is 1. The van der Waals surface area contributed by atoms with Gasteiger partial charge in [-0.2, -0.15) is 0 Å². The molecule has 1 N–H and O–H groups in total. The average Bonchev–Trinajstić information content (AvgIpc) is 2.90. The van der Waals surface area contributed by atoms with Gasteiger partial charge in [-0.3, -0.25) is 9.80 Å². The Hall–Kier alpha value is -2.44. The van der Waals surface area contributed by atoms with Gasteiger partial charge in [-0.05, 0) is 60.6 Å². The molecule has 1 heterocycles.